The second-order valence-electron chi connectivity index (χ2n) is 34.3. The van der Waals surface area contributed by atoms with Crippen LogP contribution in [0.4, 0.5) is 0 Å². The van der Waals surface area contributed by atoms with E-state index in [0.29, 0.717) is 64.2 Å². The summed E-state index contributed by atoms with van der Waals surface area (Å²) >= 11 is 0. The van der Waals surface area contributed by atoms with E-state index in [4.69, 9.17) is 52.9 Å². The number of phosphoric acid groups is 2. The standard InChI is InChI=1S/C102H180N4O22P2/c1-9-17-25-32-37-42-47-54-61-69-94(128-102(114)73-65-58-51-46-41-36-29-21-13-5)83-98(110)105-89(85-119-78-74-91(66-24-16-8)125-99(111)70-62-55-48-43-38-33-26-18-10-2)87-123-129(115,116)121-80-76-103-95(107)84-96(108)104-77-81-122-130(117,118)124-88-90(86-120-79-75-92(67-59-52-30-22-14-6)126-100(112)71-63-56-49-44-39-34-27-19-11-3)106-97(109)82-93(68-60-53-31-23-15-7)127-101(113)72-64-57-50-45-40-35-28-20-12-4/h8,43-46,48-51,89-94H,9-15,17-23,25-42,47,52-65,67-88H2,1-7H3,(H,103,107)(H,104,108)(H,105,110)(H,106,109)(H,115,116)(H,117,118)/t89?,90?,91-,92-,93-,94-/m1/s1. The number of hydrogen-bond donors (Lipinski definition) is 6. The van der Waals surface area contributed by atoms with E-state index < -0.39 is 127 Å². The zero-order valence-electron chi connectivity index (χ0n) is 81.9. The van der Waals surface area contributed by atoms with Crippen LogP contribution in [0, 0.1) is 24.2 Å². The van der Waals surface area contributed by atoms with E-state index in [2.05, 4.69) is 136 Å². The van der Waals surface area contributed by atoms with Crippen molar-refractivity contribution in [2.24, 2.45) is 0 Å². The van der Waals surface area contributed by atoms with Crippen molar-refractivity contribution in [3.63, 3.8) is 0 Å². The number of terminal acetylenes is 1. The highest BCUT2D eigenvalue weighted by molar-refractivity contribution is 7.47. The fourth-order valence-corrected chi connectivity index (χ4v) is 15.7. The Labute approximate surface area is 786 Å². The molecule has 0 bridgehead atoms. The molecule has 0 fully saturated rings. The average Bonchev–Trinajstić information content (AvgIpc) is 0.902. The summed E-state index contributed by atoms with van der Waals surface area (Å²) in [5.74, 6) is 3.30. The molecule has 0 heterocycles. The smallest absolute Gasteiger partial charge is 0.462 e. The average molecular weight is 1880 g/mol. The molecule has 8 atom stereocenters. The van der Waals surface area contributed by atoms with Gasteiger partial charge >= 0.3 is 39.5 Å². The molecule has 4 amide bonds. The minimum Gasteiger partial charge on any atom is -0.462 e. The molecule has 26 nitrogen and oxygen atoms in total. The fourth-order valence-electron chi connectivity index (χ4n) is 14.2. The number of nitrogens with one attached hydrogen (secondary N) is 4. The molecule has 0 aromatic carbocycles. The minimum absolute atomic E-state index is 0.0535. The summed E-state index contributed by atoms with van der Waals surface area (Å²) in [5.41, 5.74) is 0. The van der Waals surface area contributed by atoms with Gasteiger partial charge in [0.1, 0.15) is 24.7 Å². The monoisotopic (exact) mass is 1880 g/mol. The van der Waals surface area contributed by atoms with Gasteiger partial charge in [0.05, 0.1) is 77.8 Å². The summed E-state index contributed by atoms with van der Waals surface area (Å²) < 4.78 is 83.8. The Morgan fingerprint density at radius 1 is 0.323 bits per heavy atom. The Morgan fingerprint density at radius 2 is 0.608 bits per heavy atom. The molecule has 0 aliphatic rings. The Hall–Kier alpha value is -6.02. The van der Waals surface area contributed by atoms with Gasteiger partial charge in [-0.1, -0.05) is 277 Å². The SMILES string of the molecule is C#CC#C[C@H](CCOCC(COP(=O)(O)OCCNC(=O)CC(=O)NCCOP(=O)(O)OCC(COCC[C@@H](CCCCCCC)OC(=O)CCCC=CCCCCCC)NC(=O)C[C@@H](CCCCCCC)OC(=O)CCCC=CCCCCCC)NC(=O)C[C@@H](CCCCCCCCCCC)OC(=O)CCCC=CCCCCCC)OC(=O)CCCC=CCCCCCC. The second kappa shape index (κ2) is 90.8. The number of unbranched alkanes of at least 4 members (excludes halogenated alkanes) is 36. The Kier molecular flexibility index (Phi) is 86.6. The largest absolute Gasteiger partial charge is 0.472 e. The number of carbonyl (C=O) groups is 8. The molecule has 0 saturated heterocycles. The van der Waals surface area contributed by atoms with E-state index in [9.17, 15) is 57.3 Å². The van der Waals surface area contributed by atoms with Crippen LogP contribution in [0.5, 0.6) is 0 Å². The van der Waals surface area contributed by atoms with Crippen molar-refractivity contribution in [1.82, 2.24) is 21.3 Å². The predicted molar refractivity (Wildman–Crippen MR) is 520 cm³/mol. The van der Waals surface area contributed by atoms with Crippen LogP contribution in [0.2, 0.25) is 0 Å². The first-order chi connectivity index (χ1) is 63.1. The molecule has 750 valence electrons. The molecule has 0 aliphatic carbocycles. The first-order valence-electron chi connectivity index (χ1n) is 50.9. The second-order valence-corrected chi connectivity index (χ2v) is 37.2. The quantitative estimate of drug-likeness (QED) is 0.00626. The Morgan fingerprint density at radius 3 is 0.938 bits per heavy atom. The van der Waals surface area contributed by atoms with Crippen LogP contribution in [0.25, 0.3) is 0 Å². The van der Waals surface area contributed by atoms with Crippen molar-refractivity contribution in [2.45, 2.75) is 464 Å². The molecule has 0 aromatic rings. The molecular weight excluding hydrogens is 1700 g/mol. The number of rotatable bonds is 94. The maximum atomic E-state index is 14.0. The van der Waals surface area contributed by atoms with Crippen LogP contribution in [-0.4, -0.2) is 160 Å². The van der Waals surface area contributed by atoms with Crippen molar-refractivity contribution < 1.29 is 104 Å². The summed E-state index contributed by atoms with van der Waals surface area (Å²) in [7, 11) is -9.82. The molecule has 0 aromatic heterocycles. The van der Waals surface area contributed by atoms with Gasteiger partial charge in [-0.25, -0.2) is 9.13 Å². The lowest BCUT2D eigenvalue weighted by molar-refractivity contribution is -0.152. The van der Waals surface area contributed by atoms with E-state index in [0.717, 1.165) is 167 Å². The highest BCUT2D eigenvalue weighted by atomic mass is 31.2. The number of amides is 4. The molecule has 4 unspecified atom stereocenters. The van der Waals surface area contributed by atoms with Gasteiger partial charge in [0.25, 0.3) is 0 Å². The predicted octanol–water partition coefficient (Wildman–Crippen LogP) is 23.2. The third kappa shape index (κ3) is 84.9. The lowest BCUT2D eigenvalue weighted by atomic mass is 10.0. The summed E-state index contributed by atoms with van der Waals surface area (Å²) in [6, 6.07) is -2.10. The van der Waals surface area contributed by atoms with E-state index in [1.54, 1.807) is 0 Å². The van der Waals surface area contributed by atoms with E-state index in [1.165, 1.54) is 96.3 Å². The maximum absolute atomic E-state index is 14.0. The minimum atomic E-state index is -4.92. The van der Waals surface area contributed by atoms with E-state index >= 15 is 0 Å². The third-order valence-electron chi connectivity index (χ3n) is 21.8. The number of allylic oxidation sites excluding steroid dienone is 8. The summed E-state index contributed by atoms with van der Waals surface area (Å²) in [6.07, 6.45) is 68.9. The molecule has 0 rings (SSSR count). The lowest BCUT2D eigenvalue weighted by Gasteiger charge is -2.23. The zero-order chi connectivity index (χ0) is 95.6. The summed E-state index contributed by atoms with van der Waals surface area (Å²) in [6.45, 7) is 11.8. The van der Waals surface area contributed by atoms with Gasteiger partial charge in [-0.2, -0.15) is 0 Å². The van der Waals surface area contributed by atoms with Gasteiger partial charge in [0, 0.05) is 51.6 Å². The topological polar surface area (TPSA) is 352 Å². The van der Waals surface area contributed by atoms with Crippen molar-refractivity contribution in [1.29, 1.82) is 0 Å². The molecule has 28 heteroatoms. The number of carbonyl (C=O) groups excluding carboxylic acids is 8. The van der Waals surface area contributed by atoms with Crippen molar-refractivity contribution >= 4 is 63.2 Å². The number of esters is 4. The first kappa shape index (κ1) is 124. The fraction of sp³-hybridized carbons (Fsp3) is 0.804. The molecule has 0 saturated carbocycles. The molecular formula is C102H180N4O22P2. The lowest BCUT2D eigenvalue weighted by Crippen LogP contribution is -2.43. The highest BCUT2D eigenvalue weighted by Gasteiger charge is 2.30. The van der Waals surface area contributed by atoms with Crippen LogP contribution in [-0.2, 0) is 94.0 Å². The van der Waals surface area contributed by atoms with E-state index in [-0.39, 0.29) is 90.4 Å². The van der Waals surface area contributed by atoms with Crippen LogP contribution in [0.3, 0.4) is 0 Å². The molecule has 0 radical (unpaired) electrons. The van der Waals surface area contributed by atoms with Gasteiger partial charge in [0.2, 0.25) is 23.6 Å². The van der Waals surface area contributed by atoms with Crippen molar-refractivity contribution in [2.75, 3.05) is 65.9 Å². The van der Waals surface area contributed by atoms with Crippen molar-refractivity contribution in [3.05, 3.63) is 48.6 Å². The first-order valence-corrected chi connectivity index (χ1v) is 53.9. The molecule has 0 aliphatic heterocycles. The summed E-state index contributed by atoms with van der Waals surface area (Å²) in [5, 5.41) is 10.5. The van der Waals surface area contributed by atoms with Crippen LogP contribution in [0.15, 0.2) is 48.6 Å². The van der Waals surface area contributed by atoms with E-state index in [1.807, 2.05) is 0 Å². The normalized spacial score (nSPS) is 13.9. The third-order valence-corrected chi connectivity index (χ3v) is 23.8. The highest BCUT2D eigenvalue weighted by Crippen LogP contribution is 2.44. The van der Waals surface area contributed by atoms with Crippen LogP contribution < -0.4 is 21.3 Å². The Balaban J connectivity index is 6.31. The van der Waals surface area contributed by atoms with Gasteiger partial charge in [-0.05, 0) is 159 Å². The Bertz CT molecular complexity index is 3170. The molecule has 6 N–H and O–H groups in total. The van der Waals surface area contributed by atoms with Gasteiger partial charge in [-0.3, -0.25) is 56.5 Å². The molecule has 130 heavy (non-hydrogen) atoms. The number of ether oxygens (including phenoxy) is 6. The number of phosphoric ester groups is 2. The van der Waals surface area contributed by atoms with Crippen molar-refractivity contribution in [3.8, 4) is 24.2 Å². The zero-order valence-corrected chi connectivity index (χ0v) is 83.7. The van der Waals surface area contributed by atoms with Gasteiger partial charge < -0.3 is 59.5 Å². The van der Waals surface area contributed by atoms with Crippen LogP contribution >= 0.6 is 15.6 Å². The maximum Gasteiger partial charge on any atom is 0.472 e. The van der Waals surface area contributed by atoms with Gasteiger partial charge in [-0.15, -0.1) is 6.42 Å². The van der Waals surface area contributed by atoms with Crippen LogP contribution in [0.1, 0.15) is 427 Å². The summed E-state index contributed by atoms with van der Waals surface area (Å²) in [4.78, 5) is 128. The molecule has 0 spiro atoms. The number of hydrogen-bond acceptors (Lipinski definition) is 20. The van der Waals surface area contributed by atoms with Gasteiger partial charge in [0.15, 0.2) is 6.10 Å².